The van der Waals surface area contributed by atoms with E-state index in [9.17, 15) is 5.11 Å². The van der Waals surface area contributed by atoms with Crippen LogP contribution in [0.15, 0.2) is 52.1 Å². The van der Waals surface area contributed by atoms with Gasteiger partial charge < -0.3 is 25.5 Å². The third-order valence-corrected chi connectivity index (χ3v) is 6.81. The van der Waals surface area contributed by atoms with Crippen molar-refractivity contribution in [3.63, 3.8) is 0 Å². The number of aromatic nitrogens is 4. The molecule has 0 spiro atoms. The number of thiophene rings is 1. The van der Waals surface area contributed by atoms with E-state index in [0.29, 0.717) is 35.2 Å². The third-order valence-electron chi connectivity index (χ3n) is 4.86. The van der Waals surface area contributed by atoms with Crippen molar-refractivity contribution >= 4 is 40.1 Å². The van der Waals surface area contributed by atoms with Crippen molar-refractivity contribution in [2.45, 2.75) is 42.6 Å². The molecule has 10 heteroatoms. The molecule has 0 aliphatic heterocycles. The van der Waals surface area contributed by atoms with E-state index in [-0.39, 0.29) is 6.04 Å². The molecule has 0 amide bonds. The first-order valence-corrected chi connectivity index (χ1v) is 11.9. The molecule has 8 nitrogen and oxygen atoms in total. The number of nitrogens with zero attached hydrogens (tertiary/aromatic N) is 4. The van der Waals surface area contributed by atoms with Gasteiger partial charge in [0.25, 0.3) is 0 Å². The van der Waals surface area contributed by atoms with Crippen LogP contribution in [0.25, 0.3) is 21.6 Å². The van der Waals surface area contributed by atoms with Crippen molar-refractivity contribution < 1.29 is 9.84 Å². The van der Waals surface area contributed by atoms with E-state index < -0.39 is 6.10 Å². The van der Waals surface area contributed by atoms with Gasteiger partial charge in [0, 0.05) is 27.9 Å². The highest BCUT2D eigenvalue weighted by molar-refractivity contribution is 7.99. The Morgan fingerprint density at radius 3 is 2.84 bits per heavy atom. The summed E-state index contributed by atoms with van der Waals surface area (Å²) in [6, 6.07) is 10.4. The number of anilines is 1. The molecule has 4 aromatic rings. The molecule has 0 saturated heterocycles. The molecule has 168 valence electrons. The minimum atomic E-state index is -0.618. The van der Waals surface area contributed by atoms with Crippen LogP contribution in [-0.4, -0.2) is 50.4 Å². The second kappa shape index (κ2) is 9.86. The van der Waals surface area contributed by atoms with E-state index in [4.69, 9.17) is 15.5 Å². The highest BCUT2D eigenvalue weighted by atomic mass is 32.2. The van der Waals surface area contributed by atoms with Gasteiger partial charge in [0.15, 0.2) is 22.1 Å². The van der Waals surface area contributed by atoms with Crippen molar-refractivity contribution in [1.29, 1.82) is 0 Å². The monoisotopic (exact) mass is 470 g/mol. The van der Waals surface area contributed by atoms with E-state index in [1.807, 2.05) is 36.6 Å². The fraction of sp³-hybridized carbons (Fsp3) is 0.318. The number of methoxy groups -OCH3 is 1. The minimum absolute atomic E-state index is 0.279. The van der Waals surface area contributed by atoms with Gasteiger partial charge in [-0.05, 0) is 29.6 Å². The Bertz CT molecular complexity index is 1190. The van der Waals surface area contributed by atoms with Crippen LogP contribution < -0.4 is 15.8 Å². The summed E-state index contributed by atoms with van der Waals surface area (Å²) in [6.07, 6.45) is 0.804. The van der Waals surface area contributed by atoms with Crippen LogP contribution in [0.2, 0.25) is 0 Å². The maximum Gasteiger partial charge on any atom is 0.175 e. The number of hydrogen-bond donors (Lipinski definition) is 3. The summed E-state index contributed by atoms with van der Waals surface area (Å²) < 4.78 is 7.37. The van der Waals surface area contributed by atoms with Crippen molar-refractivity contribution in [3.05, 3.63) is 42.0 Å². The van der Waals surface area contributed by atoms with E-state index >= 15 is 0 Å². The number of aliphatic hydroxyl groups is 1. The molecule has 1 unspecified atom stereocenters. The van der Waals surface area contributed by atoms with Crippen molar-refractivity contribution in [3.8, 4) is 16.2 Å². The van der Waals surface area contributed by atoms with E-state index in [1.165, 1.54) is 18.1 Å². The van der Waals surface area contributed by atoms with Gasteiger partial charge in [-0.25, -0.2) is 15.0 Å². The van der Waals surface area contributed by atoms with Crippen LogP contribution in [0.5, 0.6) is 5.75 Å². The first kappa shape index (κ1) is 22.5. The number of imidazole rings is 1. The lowest BCUT2D eigenvalue weighted by atomic mass is 10.2. The Hall–Kier alpha value is -2.66. The number of nitrogen functional groups attached to an aromatic ring is 1. The van der Waals surface area contributed by atoms with Crippen LogP contribution in [0, 0.1) is 0 Å². The number of aliphatic hydroxyl groups excluding tert-OH is 1. The zero-order valence-electron chi connectivity index (χ0n) is 18.1. The highest BCUT2D eigenvalue weighted by Gasteiger charge is 2.20. The Morgan fingerprint density at radius 1 is 1.28 bits per heavy atom. The van der Waals surface area contributed by atoms with Gasteiger partial charge in [-0.3, -0.25) is 0 Å². The second-order valence-electron chi connectivity index (χ2n) is 7.59. The van der Waals surface area contributed by atoms with Crippen LogP contribution in [0.4, 0.5) is 5.82 Å². The predicted molar refractivity (Wildman–Crippen MR) is 129 cm³/mol. The second-order valence-corrected chi connectivity index (χ2v) is 9.55. The van der Waals surface area contributed by atoms with Gasteiger partial charge in [-0.1, -0.05) is 31.7 Å². The molecule has 1 aromatic carbocycles. The first-order chi connectivity index (χ1) is 15.5. The van der Waals surface area contributed by atoms with Gasteiger partial charge in [-0.2, -0.15) is 0 Å². The Morgan fingerprint density at radius 2 is 2.12 bits per heavy atom. The Kier molecular flexibility index (Phi) is 6.95. The quantitative estimate of drug-likeness (QED) is 0.340. The van der Waals surface area contributed by atoms with Gasteiger partial charge in [0.1, 0.15) is 12.1 Å². The number of fused-ring (bicyclic) bond motifs is 1. The van der Waals surface area contributed by atoms with Crippen LogP contribution in [0.3, 0.4) is 0 Å². The maximum absolute atomic E-state index is 10.7. The summed E-state index contributed by atoms with van der Waals surface area (Å²) in [7, 11) is 1.65. The molecule has 3 aromatic heterocycles. The lowest BCUT2D eigenvalue weighted by Gasteiger charge is -2.17. The summed E-state index contributed by atoms with van der Waals surface area (Å²) in [5.41, 5.74) is 8.30. The molecule has 4 N–H and O–H groups in total. The molecule has 4 rings (SSSR count). The summed E-state index contributed by atoms with van der Waals surface area (Å²) in [5.74, 6) is 1.07. The number of hydrogen-bond acceptors (Lipinski definition) is 9. The summed E-state index contributed by atoms with van der Waals surface area (Å²) in [4.78, 5) is 15.4. The summed E-state index contributed by atoms with van der Waals surface area (Å²) in [6.45, 7) is 4.88. The zero-order chi connectivity index (χ0) is 22.7. The predicted octanol–water partition coefficient (Wildman–Crippen LogP) is 3.66. The van der Waals surface area contributed by atoms with Crippen LogP contribution in [-0.2, 0) is 6.54 Å². The highest BCUT2D eigenvalue weighted by Crippen LogP contribution is 2.40. The van der Waals surface area contributed by atoms with Crippen LogP contribution >= 0.6 is 23.1 Å². The molecule has 1 atom stereocenters. The number of rotatable bonds is 9. The van der Waals surface area contributed by atoms with Crippen molar-refractivity contribution in [2.75, 3.05) is 19.4 Å². The smallest absolute Gasteiger partial charge is 0.175 e. The van der Waals surface area contributed by atoms with Gasteiger partial charge >= 0.3 is 0 Å². The fourth-order valence-corrected chi connectivity index (χ4v) is 5.17. The molecule has 0 fully saturated rings. The minimum Gasteiger partial charge on any atom is -0.497 e. The Labute approximate surface area is 194 Å². The topological polar surface area (TPSA) is 111 Å². The average Bonchev–Trinajstić information content (AvgIpc) is 3.42. The molecule has 0 radical (unpaired) electrons. The lowest BCUT2D eigenvalue weighted by molar-refractivity contribution is 0.147. The van der Waals surface area contributed by atoms with Crippen molar-refractivity contribution in [1.82, 2.24) is 24.8 Å². The van der Waals surface area contributed by atoms with Crippen molar-refractivity contribution in [2.24, 2.45) is 0 Å². The summed E-state index contributed by atoms with van der Waals surface area (Å²) in [5, 5.41) is 16.7. The van der Waals surface area contributed by atoms with E-state index in [0.717, 1.165) is 21.1 Å². The lowest BCUT2D eigenvalue weighted by Crippen LogP contribution is -2.34. The van der Waals surface area contributed by atoms with E-state index in [2.05, 4.69) is 32.8 Å². The number of benzene rings is 1. The molecule has 0 saturated carbocycles. The third kappa shape index (κ3) is 4.88. The molecule has 0 bridgehead atoms. The van der Waals surface area contributed by atoms with Gasteiger partial charge in [-0.15, -0.1) is 11.3 Å². The molecular weight excluding hydrogens is 444 g/mol. The zero-order valence-corrected chi connectivity index (χ0v) is 19.8. The van der Waals surface area contributed by atoms with E-state index in [1.54, 1.807) is 18.4 Å². The number of nitrogens with two attached hydrogens (primary N) is 1. The maximum atomic E-state index is 10.7. The SMILES string of the molecule is COc1ccc(-c2cccs2)c(Sc2nc3c(N)ncnc3n2CC(O)CNC(C)C)c1. The van der Waals surface area contributed by atoms with Gasteiger partial charge in [0.05, 0.1) is 19.8 Å². The fourth-order valence-electron chi connectivity index (χ4n) is 3.27. The average molecular weight is 471 g/mol. The summed E-state index contributed by atoms with van der Waals surface area (Å²) >= 11 is 3.17. The number of nitrogens with one attached hydrogen (secondary N) is 1. The normalized spacial score (nSPS) is 12.5. The molecule has 0 aliphatic rings. The molecule has 32 heavy (non-hydrogen) atoms. The standard InChI is InChI=1S/C22H26N6O2S2/c1-13(2)24-10-14(29)11-28-21-19(20(23)25-12-26-21)27-22(28)32-18-9-15(30-3)6-7-16(18)17-5-4-8-31-17/h4-9,12-14,24,29H,10-11H2,1-3H3,(H2,23,25,26). The molecule has 0 aliphatic carbocycles. The first-order valence-electron chi connectivity index (χ1n) is 10.2. The Balaban J connectivity index is 1.75. The molecule has 3 heterocycles. The molecular formula is C22H26N6O2S2. The van der Waals surface area contributed by atoms with Crippen LogP contribution in [0.1, 0.15) is 13.8 Å². The van der Waals surface area contributed by atoms with Gasteiger partial charge in [0.2, 0.25) is 0 Å². The largest absolute Gasteiger partial charge is 0.497 e. The number of ether oxygens (including phenoxy) is 1.